The molecular formula is C10H13F2N3OS. The molecule has 1 aromatic rings. The number of hydrogen-bond acceptors (Lipinski definition) is 4. The molecule has 7 heteroatoms. The number of alkyl halides is 2. The molecule has 1 fully saturated rings. The molecule has 1 aliphatic rings. The number of amides is 1. The van der Waals surface area contributed by atoms with Gasteiger partial charge in [-0.1, -0.05) is 0 Å². The molecular weight excluding hydrogens is 248 g/mol. The normalized spacial score (nSPS) is 22.7. The van der Waals surface area contributed by atoms with Crippen LogP contribution >= 0.6 is 11.3 Å². The molecule has 0 aromatic carbocycles. The zero-order chi connectivity index (χ0) is 12.6. The van der Waals surface area contributed by atoms with Crippen molar-refractivity contribution in [2.45, 2.75) is 32.2 Å². The highest BCUT2D eigenvalue weighted by molar-refractivity contribution is 7.16. The smallest absolute Gasteiger partial charge is 0.262 e. The van der Waals surface area contributed by atoms with Crippen molar-refractivity contribution in [3.05, 3.63) is 10.7 Å². The van der Waals surface area contributed by atoms with Gasteiger partial charge in [-0.25, -0.2) is 13.8 Å². The predicted octanol–water partition coefficient (Wildman–Crippen LogP) is 1.70. The first-order chi connectivity index (χ1) is 7.87. The Morgan fingerprint density at radius 1 is 1.59 bits per heavy atom. The molecule has 0 saturated carbocycles. The van der Waals surface area contributed by atoms with Crippen molar-refractivity contribution in [3.63, 3.8) is 0 Å². The summed E-state index contributed by atoms with van der Waals surface area (Å²) < 4.78 is 25.8. The summed E-state index contributed by atoms with van der Waals surface area (Å²) in [5, 5.41) is 6.61. The van der Waals surface area contributed by atoms with Crippen LogP contribution in [0.2, 0.25) is 0 Å². The fourth-order valence-electron chi connectivity index (χ4n) is 1.75. The van der Waals surface area contributed by atoms with Gasteiger partial charge in [0.2, 0.25) is 5.91 Å². The van der Waals surface area contributed by atoms with E-state index in [1.54, 1.807) is 6.92 Å². The van der Waals surface area contributed by atoms with Crippen LogP contribution in [0, 0.1) is 13.8 Å². The van der Waals surface area contributed by atoms with Crippen LogP contribution in [0.3, 0.4) is 0 Å². The Bertz CT molecular complexity index is 447. The summed E-state index contributed by atoms with van der Waals surface area (Å²) in [5.41, 5.74) is 0.714. The van der Waals surface area contributed by atoms with Gasteiger partial charge in [0.1, 0.15) is 5.00 Å². The van der Waals surface area contributed by atoms with E-state index in [9.17, 15) is 13.6 Å². The first-order valence-corrected chi connectivity index (χ1v) is 6.05. The van der Waals surface area contributed by atoms with E-state index in [1.807, 2.05) is 6.92 Å². The van der Waals surface area contributed by atoms with Gasteiger partial charge in [-0.2, -0.15) is 0 Å². The molecule has 2 heterocycles. The minimum Gasteiger partial charge on any atom is -0.315 e. The molecule has 2 rings (SSSR count). The summed E-state index contributed by atoms with van der Waals surface area (Å²) in [4.78, 5) is 15.9. The molecule has 1 atom stereocenters. The minimum atomic E-state index is -2.79. The zero-order valence-electron chi connectivity index (χ0n) is 9.51. The van der Waals surface area contributed by atoms with Crippen LogP contribution in [-0.4, -0.2) is 29.4 Å². The molecule has 1 amide bonds. The van der Waals surface area contributed by atoms with Gasteiger partial charge in [0, 0.05) is 6.42 Å². The summed E-state index contributed by atoms with van der Waals surface area (Å²) in [7, 11) is 0. The van der Waals surface area contributed by atoms with Gasteiger partial charge < -0.3 is 5.32 Å². The lowest BCUT2D eigenvalue weighted by molar-refractivity contribution is -0.118. The van der Waals surface area contributed by atoms with Crippen molar-refractivity contribution in [2.75, 3.05) is 11.9 Å². The maximum Gasteiger partial charge on any atom is 0.262 e. The number of aryl methyl sites for hydroxylation is 2. The largest absolute Gasteiger partial charge is 0.315 e. The van der Waals surface area contributed by atoms with E-state index >= 15 is 0 Å². The molecule has 1 unspecified atom stereocenters. The molecule has 0 radical (unpaired) electrons. The Morgan fingerprint density at radius 3 is 2.76 bits per heavy atom. The third-order valence-electron chi connectivity index (χ3n) is 2.57. The Hall–Kier alpha value is -1.08. The SMILES string of the molecule is Cc1nc(C)c(NC(=O)C2CC(F)(F)CN2)s1. The van der Waals surface area contributed by atoms with Crippen molar-refractivity contribution in [2.24, 2.45) is 0 Å². The van der Waals surface area contributed by atoms with Crippen molar-refractivity contribution < 1.29 is 13.6 Å². The van der Waals surface area contributed by atoms with Gasteiger partial charge in [-0.05, 0) is 13.8 Å². The second-order valence-electron chi connectivity index (χ2n) is 4.13. The van der Waals surface area contributed by atoms with E-state index in [0.29, 0.717) is 10.7 Å². The Morgan fingerprint density at radius 2 is 2.29 bits per heavy atom. The fraction of sp³-hybridized carbons (Fsp3) is 0.600. The lowest BCUT2D eigenvalue weighted by atomic mass is 10.2. The van der Waals surface area contributed by atoms with Crippen LogP contribution < -0.4 is 10.6 Å². The van der Waals surface area contributed by atoms with E-state index < -0.39 is 30.8 Å². The lowest BCUT2D eigenvalue weighted by Gasteiger charge is -2.10. The number of aromatic nitrogens is 1. The van der Waals surface area contributed by atoms with E-state index in [-0.39, 0.29) is 0 Å². The molecule has 94 valence electrons. The fourth-order valence-corrected chi connectivity index (χ4v) is 2.57. The molecule has 1 aliphatic heterocycles. The molecule has 0 spiro atoms. The standard InChI is InChI=1S/C10H13F2N3OS/c1-5-9(17-6(2)14-5)15-8(16)7-3-10(11,12)4-13-7/h7,13H,3-4H2,1-2H3,(H,15,16). The molecule has 0 aliphatic carbocycles. The average molecular weight is 261 g/mol. The maximum atomic E-state index is 12.9. The zero-order valence-corrected chi connectivity index (χ0v) is 10.3. The molecule has 1 aromatic heterocycles. The Labute approximate surface area is 101 Å². The topological polar surface area (TPSA) is 54.0 Å². The van der Waals surface area contributed by atoms with E-state index in [4.69, 9.17) is 0 Å². The second kappa shape index (κ2) is 4.30. The molecule has 4 nitrogen and oxygen atoms in total. The number of anilines is 1. The monoisotopic (exact) mass is 261 g/mol. The van der Waals surface area contributed by atoms with Gasteiger partial charge >= 0.3 is 0 Å². The van der Waals surface area contributed by atoms with E-state index in [0.717, 1.165) is 5.01 Å². The van der Waals surface area contributed by atoms with Crippen LogP contribution in [0.1, 0.15) is 17.1 Å². The number of rotatable bonds is 2. The number of thiazole rings is 1. The third kappa shape index (κ3) is 2.78. The van der Waals surface area contributed by atoms with Gasteiger partial charge in [-0.3, -0.25) is 10.1 Å². The molecule has 2 N–H and O–H groups in total. The van der Waals surface area contributed by atoms with Crippen molar-refractivity contribution >= 4 is 22.2 Å². The number of nitrogens with zero attached hydrogens (tertiary/aromatic N) is 1. The van der Waals surface area contributed by atoms with Crippen molar-refractivity contribution in [3.8, 4) is 0 Å². The first kappa shape index (κ1) is 12.4. The number of carbonyl (C=O) groups is 1. The highest BCUT2D eigenvalue weighted by atomic mass is 32.1. The van der Waals surface area contributed by atoms with Crippen LogP contribution in [0.15, 0.2) is 0 Å². The lowest BCUT2D eigenvalue weighted by Crippen LogP contribution is -2.35. The van der Waals surface area contributed by atoms with Gasteiger partial charge in [0.25, 0.3) is 5.92 Å². The molecule has 17 heavy (non-hydrogen) atoms. The quantitative estimate of drug-likeness (QED) is 0.852. The minimum absolute atomic E-state index is 0.422. The highest BCUT2D eigenvalue weighted by Crippen LogP contribution is 2.27. The summed E-state index contributed by atoms with van der Waals surface area (Å²) in [6.07, 6.45) is -0.449. The highest BCUT2D eigenvalue weighted by Gasteiger charge is 2.42. The van der Waals surface area contributed by atoms with E-state index in [2.05, 4.69) is 15.6 Å². The van der Waals surface area contributed by atoms with Crippen molar-refractivity contribution in [1.82, 2.24) is 10.3 Å². The summed E-state index contributed by atoms with van der Waals surface area (Å²) >= 11 is 1.34. The third-order valence-corrected chi connectivity index (χ3v) is 3.55. The average Bonchev–Trinajstić information content (AvgIpc) is 2.70. The maximum absolute atomic E-state index is 12.9. The van der Waals surface area contributed by atoms with Gasteiger partial charge in [-0.15, -0.1) is 11.3 Å². The first-order valence-electron chi connectivity index (χ1n) is 5.23. The number of halogens is 2. The molecule has 1 saturated heterocycles. The van der Waals surface area contributed by atoms with Crippen molar-refractivity contribution in [1.29, 1.82) is 0 Å². The summed E-state index contributed by atoms with van der Waals surface area (Å²) in [5.74, 6) is -3.21. The number of nitrogens with one attached hydrogen (secondary N) is 2. The van der Waals surface area contributed by atoms with Crippen LogP contribution in [-0.2, 0) is 4.79 Å². The predicted molar refractivity (Wildman–Crippen MR) is 61.6 cm³/mol. The molecule has 0 bridgehead atoms. The van der Waals surface area contributed by atoms with Crippen LogP contribution in [0.5, 0.6) is 0 Å². The van der Waals surface area contributed by atoms with Crippen LogP contribution in [0.4, 0.5) is 13.8 Å². The summed E-state index contributed by atoms with van der Waals surface area (Å²) in [6.45, 7) is 3.16. The Kier molecular flexibility index (Phi) is 3.13. The second-order valence-corrected chi connectivity index (χ2v) is 5.33. The van der Waals surface area contributed by atoms with Crippen LogP contribution in [0.25, 0.3) is 0 Å². The number of hydrogen-bond donors (Lipinski definition) is 2. The Balaban J connectivity index is 2.01. The summed E-state index contributed by atoms with van der Waals surface area (Å²) in [6, 6.07) is -0.827. The van der Waals surface area contributed by atoms with Gasteiger partial charge in [0.15, 0.2) is 0 Å². The number of carbonyl (C=O) groups excluding carboxylic acids is 1. The van der Waals surface area contributed by atoms with E-state index in [1.165, 1.54) is 11.3 Å². The van der Waals surface area contributed by atoms with Gasteiger partial charge in [0.05, 0.1) is 23.3 Å².